The maximum absolute atomic E-state index is 13.0. The summed E-state index contributed by atoms with van der Waals surface area (Å²) in [7, 11) is 0. The monoisotopic (exact) mass is 318 g/mol. The number of hydrogen-bond acceptors (Lipinski definition) is 3. The Bertz CT molecular complexity index is 743. The molecule has 0 spiro atoms. The molecule has 0 saturated carbocycles. The SMILES string of the molecule is C[C@@H](Oc1cccc(C#N)c1)C(=O)Nc1ccc(F)cc1Cl. The Balaban J connectivity index is 2.04. The number of hydrogen-bond donors (Lipinski definition) is 1. The van der Waals surface area contributed by atoms with Gasteiger partial charge in [-0.3, -0.25) is 4.79 Å². The molecule has 0 radical (unpaired) electrons. The quantitative estimate of drug-likeness (QED) is 0.933. The molecular weight excluding hydrogens is 307 g/mol. The van der Waals surface area contributed by atoms with Crippen LogP contribution in [0.3, 0.4) is 0 Å². The summed E-state index contributed by atoms with van der Waals surface area (Å²) in [4.78, 5) is 12.1. The zero-order valence-electron chi connectivity index (χ0n) is 11.6. The maximum Gasteiger partial charge on any atom is 0.265 e. The van der Waals surface area contributed by atoms with Crippen molar-refractivity contribution in [1.29, 1.82) is 5.26 Å². The molecule has 2 aromatic rings. The molecule has 1 atom stereocenters. The Morgan fingerprint density at radius 1 is 1.36 bits per heavy atom. The second-order valence-electron chi connectivity index (χ2n) is 4.51. The minimum Gasteiger partial charge on any atom is -0.481 e. The molecule has 0 aliphatic heterocycles. The summed E-state index contributed by atoms with van der Waals surface area (Å²) < 4.78 is 18.4. The minimum atomic E-state index is -0.810. The third kappa shape index (κ3) is 3.96. The van der Waals surface area contributed by atoms with Crippen LogP contribution in [0.5, 0.6) is 5.75 Å². The van der Waals surface area contributed by atoms with Gasteiger partial charge in [0.1, 0.15) is 11.6 Å². The molecule has 0 unspecified atom stereocenters. The summed E-state index contributed by atoms with van der Waals surface area (Å²) >= 11 is 5.85. The smallest absolute Gasteiger partial charge is 0.265 e. The number of nitrogens with zero attached hydrogens (tertiary/aromatic N) is 1. The number of carbonyl (C=O) groups is 1. The Morgan fingerprint density at radius 2 is 2.14 bits per heavy atom. The Morgan fingerprint density at radius 3 is 2.82 bits per heavy atom. The van der Waals surface area contributed by atoms with Gasteiger partial charge in [0.05, 0.1) is 22.3 Å². The van der Waals surface area contributed by atoms with Gasteiger partial charge in [0.2, 0.25) is 0 Å². The standard InChI is InChI=1S/C16H12ClFN2O2/c1-10(22-13-4-2-3-11(7-13)9-19)16(21)20-15-6-5-12(18)8-14(15)17/h2-8,10H,1H3,(H,20,21)/t10-/m1/s1. The lowest BCUT2D eigenvalue weighted by atomic mass is 10.2. The molecule has 22 heavy (non-hydrogen) atoms. The molecule has 0 aromatic heterocycles. The van der Waals surface area contributed by atoms with Crippen molar-refractivity contribution in [2.45, 2.75) is 13.0 Å². The van der Waals surface area contributed by atoms with Crippen molar-refractivity contribution in [2.24, 2.45) is 0 Å². The molecule has 0 bridgehead atoms. The molecule has 0 fully saturated rings. The Kier molecular flexibility index (Phi) is 4.97. The number of anilines is 1. The van der Waals surface area contributed by atoms with Crippen molar-refractivity contribution in [3.63, 3.8) is 0 Å². The molecular formula is C16H12ClFN2O2. The van der Waals surface area contributed by atoms with E-state index in [1.807, 2.05) is 6.07 Å². The van der Waals surface area contributed by atoms with Crippen molar-refractivity contribution >= 4 is 23.2 Å². The van der Waals surface area contributed by atoms with Gasteiger partial charge in [0.15, 0.2) is 6.10 Å². The van der Waals surface area contributed by atoms with E-state index in [2.05, 4.69) is 5.32 Å². The molecule has 1 N–H and O–H groups in total. The molecule has 6 heteroatoms. The lowest BCUT2D eigenvalue weighted by Crippen LogP contribution is -2.30. The van der Waals surface area contributed by atoms with E-state index in [1.54, 1.807) is 25.1 Å². The summed E-state index contributed by atoms with van der Waals surface area (Å²) in [6.45, 7) is 1.56. The number of rotatable bonds is 4. The molecule has 2 rings (SSSR count). The fourth-order valence-electron chi connectivity index (χ4n) is 1.72. The average Bonchev–Trinajstić information content (AvgIpc) is 2.50. The summed E-state index contributed by atoms with van der Waals surface area (Å²) in [5.41, 5.74) is 0.737. The number of amides is 1. The zero-order valence-corrected chi connectivity index (χ0v) is 12.4. The van der Waals surface area contributed by atoms with Crippen LogP contribution in [-0.4, -0.2) is 12.0 Å². The van der Waals surface area contributed by atoms with Gasteiger partial charge in [-0.05, 0) is 43.3 Å². The highest BCUT2D eigenvalue weighted by Gasteiger charge is 2.16. The van der Waals surface area contributed by atoms with Crippen LogP contribution in [0.4, 0.5) is 10.1 Å². The molecule has 0 aliphatic rings. The van der Waals surface area contributed by atoms with Crippen LogP contribution >= 0.6 is 11.6 Å². The minimum absolute atomic E-state index is 0.104. The molecule has 0 saturated heterocycles. The first-order chi connectivity index (χ1) is 10.5. The van der Waals surface area contributed by atoms with Gasteiger partial charge in [-0.1, -0.05) is 17.7 Å². The van der Waals surface area contributed by atoms with E-state index in [0.717, 1.165) is 6.07 Å². The largest absolute Gasteiger partial charge is 0.481 e. The molecule has 2 aromatic carbocycles. The highest BCUT2D eigenvalue weighted by atomic mass is 35.5. The number of nitriles is 1. The molecule has 1 amide bonds. The second kappa shape index (κ2) is 6.92. The van der Waals surface area contributed by atoms with E-state index < -0.39 is 17.8 Å². The van der Waals surface area contributed by atoms with Crippen LogP contribution in [0, 0.1) is 17.1 Å². The highest BCUT2D eigenvalue weighted by Crippen LogP contribution is 2.23. The van der Waals surface area contributed by atoms with E-state index in [0.29, 0.717) is 17.0 Å². The van der Waals surface area contributed by atoms with Crippen molar-refractivity contribution in [2.75, 3.05) is 5.32 Å². The molecule has 112 valence electrons. The summed E-state index contributed by atoms with van der Waals surface area (Å²) in [6.07, 6.45) is -0.810. The van der Waals surface area contributed by atoms with Gasteiger partial charge < -0.3 is 10.1 Å². The summed E-state index contributed by atoms with van der Waals surface area (Å²) in [5, 5.41) is 11.5. The van der Waals surface area contributed by atoms with E-state index in [4.69, 9.17) is 21.6 Å². The first kappa shape index (κ1) is 15.8. The van der Waals surface area contributed by atoms with Gasteiger partial charge in [-0.25, -0.2) is 4.39 Å². The first-order valence-electron chi connectivity index (χ1n) is 6.42. The molecule has 0 heterocycles. The number of halogens is 2. The topological polar surface area (TPSA) is 62.1 Å². The van der Waals surface area contributed by atoms with Gasteiger partial charge >= 0.3 is 0 Å². The third-order valence-electron chi connectivity index (χ3n) is 2.83. The predicted molar refractivity (Wildman–Crippen MR) is 81.3 cm³/mol. The normalized spacial score (nSPS) is 11.4. The molecule has 4 nitrogen and oxygen atoms in total. The zero-order chi connectivity index (χ0) is 16.1. The number of benzene rings is 2. The van der Waals surface area contributed by atoms with Crippen molar-refractivity contribution < 1.29 is 13.9 Å². The van der Waals surface area contributed by atoms with Gasteiger partial charge in [-0.15, -0.1) is 0 Å². The van der Waals surface area contributed by atoms with Gasteiger partial charge in [0.25, 0.3) is 5.91 Å². The lowest BCUT2D eigenvalue weighted by Gasteiger charge is -2.15. The maximum atomic E-state index is 13.0. The van der Waals surface area contributed by atoms with Gasteiger partial charge in [-0.2, -0.15) is 5.26 Å². The highest BCUT2D eigenvalue weighted by molar-refractivity contribution is 6.33. The first-order valence-corrected chi connectivity index (χ1v) is 6.80. The number of ether oxygens (including phenoxy) is 1. The van der Waals surface area contributed by atoms with Crippen LogP contribution < -0.4 is 10.1 Å². The van der Waals surface area contributed by atoms with E-state index in [1.165, 1.54) is 18.2 Å². The van der Waals surface area contributed by atoms with Crippen molar-refractivity contribution in [3.8, 4) is 11.8 Å². The second-order valence-corrected chi connectivity index (χ2v) is 4.92. The fourth-order valence-corrected chi connectivity index (χ4v) is 1.94. The van der Waals surface area contributed by atoms with E-state index in [9.17, 15) is 9.18 Å². The number of carbonyl (C=O) groups excluding carboxylic acids is 1. The van der Waals surface area contributed by atoms with Crippen LogP contribution in [0.25, 0.3) is 0 Å². The number of nitrogens with one attached hydrogen (secondary N) is 1. The average molecular weight is 319 g/mol. The Hall–Kier alpha value is -2.58. The molecule has 0 aliphatic carbocycles. The summed E-state index contributed by atoms with van der Waals surface area (Å²) in [6, 6.07) is 12.2. The Labute approximate surface area is 132 Å². The van der Waals surface area contributed by atoms with Crippen LogP contribution in [0.1, 0.15) is 12.5 Å². The van der Waals surface area contributed by atoms with Crippen molar-refractivity contribution in [1.82, 2.24) is 0 Å². The predicted octanol–water partition coefficient (Wildman–Crippen LogP) is 3.76. The van der Waals surface area contributed by atoms with Crippen molar-refractivity contribution in [3.05, 3.63) is 58.9 Å². The van der Waals surface area contributed by atoms with Gasteiger partial charge in [0, 0.05) is 0 Å². The van der Waals surface area contributed by atoms with Crippen LogP contribution in [0.15, 0.2) is 42.5 Å². The van der Waals surface area contributed by atoms with E-state index in [-0.39, 0.29) is 5.02 Å². The van der Waals surface area contributed by atoms with E-state index >= 15 is 0 Å². The van der Waals surface area contributed by atoms with Crippen LogP contribution in [0.2, 0.25) is 5.02 Å². The lowest BCUT2D eigenvalue weighted by molar-refractivity contribution is -0.122. The third-order valence-corrected chi connectivity index (χ3v) is 3.15. The van der Waals surface area contributed by atoms with Crippen LogP contribution in [-0.2, 0) is 4.79 Å². The summed E-state index contributed by atoms with van der Waals surface area (Å²) in [5.74, 6) is -0.511. The fraction of sp³-hybridized carbons (Fsp3) is 0.125.